The minimum Gasteiger partial charge on any atom is -0.418 e. The lowest BCUT2D eigenvalue weighted by Gasteiger charge is -1.84. The van der Waals surface area contributed by atoms with Gasteiger partial charge in [0.15, 0.2) is 5.06 Å². The molecule has 0 atom stereocenters. The molecule has 0 spiro atoms. The molecular weight excluding hydrogens is 138 g/mol. The number of carbonyl (C=O) groups is 1. The molecule has 1 heterocycles. The average Bonchev–Trinajstić information content (AvgIpc) is 2.17. The average molecular weight is 143 g/mol. The van der Waals surface area contributed by atoms with Crippen LogP contribution in [0.3, 0.4) is 0 Å². The van der Waals surface area contributed by atoms with E-state index >= 15 is 0 Å². The molecule has 4 heteroatoms. The molecule has 0 fully saturated rings. The molecule has 0 amide bonds. The topological polar surface area (TPSA) is 52.3 Å². The maximum atomic E-state index is 9.73. The second-order valence-corrected chi connectivity index (χ2v) is 2.29. The van der Waals surface area contributed by atoms with Gasteiger partial charge in [0.05, 0.1) is 0 Å². The number of carbonyl (C=O) groups excluding carboxylic acids is 1. The van der Waals surface area contributed by atoms with Gasteiger partial charge in [-0.15, -0.1) is 11.3 Å². The number of nitrogen functional groups attached to an aromatic ring is 1. The van der Waals surface area contributed by atoms with Gasteiger partial charge in [0, 0.05) is 17.1 Å². The fourth-order valence-corrected chi connectivity index (χ4v) is 1.06. The Morgan fingerprint density at radius 2 is 2.56 bits per heavy atom. The van der Waals surface area contributed by atoms with Gasteiger partial charge >= 0.3 is 0 Å². The number of nitrogens with two attached hydrogens (primary N) is 1. The standard InChI is InChI=1S/C5H5NO2S/c6-4-1-5(8-3-7)9-2-4/h1-3H,6H2. The molecule has 0 aliphatic rings. The predicted molar refractivity (Wildman–Crippen MR) is 35.4 cm³/mol. The zero-order chi connectivity index (χ0) is 6.69. The molecule has 1 aromatic heterocycles. The summed E-state index contributed by atoms with van der Waals surface area (Å²) in [5, 5.41) is 2.24. The van der Waals surface area contributed by atoms with E-state index in [2.05, 4.69) is 4.74 Å². The summed E-state index contributed by atoms with van der Waals surface area (Å²) in [6, 6.07) is 1.60. The van der Waals surface area contributed by atoms with E-state index in [-0.39, 0.29) is 0 Å². The highest BCUT2D eigenvalue weighted by molar-refractivity contribution is 7.12. The maximum absolute atomic E-state index is 9.73. The van der Waals surface area contributed by atoms with Crippen molar-refractivity contribution in [3.8, 4) is 5.06 Å². The second kappa shape index (κ2) is 2.50. The Morgan fingerprint density at radius 1 is 1.78 bits per heavy atom. The lowest BCUT2D eigenvalue weighted by Crippen LogP contribution is -1.83. The molecule has 0 saturated carbocycles. The number of hydrogen-bond donors (Lipinski definition) is 1. The van der Waals surface area contributed by atoms with Crippen LogP contribution in [0, 0.1) is 0 Å². The first-order chi connectivity index (χ1) is 4.33. The van der Waals surface area contributed by atoms with Gasteiger partial charge < -0.3 is 10.5 Å². The Bertz CT molecular complexity index is 208. The van der Waals surface area contributed by atoms with Crippen molar-refractivity contribution in [1.29, 1.82) is 0 Å². The van der Waals surface area contributed by atoms with Crippen molar-refractivity contribution in [3.05, 3.63) is 11.4 Å². The van der Waals surface area contributed by atoms with E-state index in [9.17, 15) is 4.79 Å². The van der Waals surface area contributed by atoms with E-state index in [4.69, 9.17) is 5.73 Å². The summed E-state index contributed by atoms with van der Waals surface area (Å²) in [4.78, 5) is 9.73. The smallest absolute Gasteiger partial charge is 0.299 e. The van der Waals surface area contributed by atoms with Crippen molar-refractivity contribution < 1.29 is 9.53 Å². The summed E-state index contributed by atoms with van der Waals surface area (Å²) in [5.74, 6) is 0. The molecule has 0 aromatic carbocycles. The van der Waals surface area contributed by atoms with Crippen molar-refractivity contribution in [2.24, 2.45) is 0 Å². The first-order valence-electron chi connectivity index (χ1n) is 2.27. The van der Waals surface area contributed by atoms with E-state index in [1.54, 1.807) is 11.4 Å². The molecule has 2 N–H and O–H groups in total. The van der Waals surface area contributed by atoms with E-state index in [1.165, 1.54) is 11.3 Å². The molecule has 0 radical (unpaired) electrons. The zero-order valence-electron chi connectivity index (χ0n) is 4.53. The van der Waals surface area contributed by atoms with E-state index in [0.29, 0.717) is 17.2 Å². The molecular formula is C5H5NO2S. The van der Waals surface area contributed by atoms with Crippen molar-refractivity contribution in [1.82, 2.24) is 0 Å². The second-order valence-electron chi connectivity index (χ2n) is 1.41. The van der Waals surface area contributed by atoms with E-state index in [1.807, 2.05) is 0 Å². The number of ether oxygens (including phenoxy) is 1. The Morgan fingerprint density at radius 3 is 3.00 bits per heavy atom. The maximum Gasteiger partial charge on any atom is 0.299 e. The highest BCUT2D eigenvalue weighted by atomic mass is 32.1. The summed E-state index contributed by atoms with van der Waals surface area (Å²) in [6.45, 7) is 0.380. The van der Waals surface area contributed by atoms with Crippen LogP contribution in [0.1, 0.15) is 0 Å². The van der Waals surface area contributed by atoms with Gasteiger partial charge in [-0.05, 0) is 0 Å². The molecule has 0 aliphatic carbocycles. The van der Waals surface area contributed by atoms with Crippen LogP contribution in [0.25, 0.3) is 0 Å². The normalized spacial score (nSPS) is 8.89. The molecule has 48 valence electrons. The minimum absolute atomic E-state index is 0.380. The predicted octanol–water partition coefficient (Wildman–Crippen LogP) is 0.866. The Balaban J connectivity index is 2.72. The van der Waals surface area contributed by atoms with Crippen LogP contribution in [-0.4, -0.2) is 6.47 Å². The fraction of sp³-hybridized carbons (Fsp3) is 0. The third-order valence-corrected chi connectivity index (χ3v) is 1.60. The highest BCUT2D eigenvalue weighted by Gasteiger charge is 1.93. The van der Waals surface area contributed by atoms with Crippen molar-refractivity contribution >= 4 is 23.5 Å². The SMILES string of the molecule is Nc1csc(OC=O)c1. The lowest BCUT2D eigenvalue weighted by molar-refractivity contribution is -0.120. The molecule has 1 rings (SSSR count). The van der Waals surface area contributed by atoms with E-state index in [0.717, 1.165) is 0 Å². The number of anilines is 1. The Hall–Kier alpha value is -1.03. The van der Waals surface area contributed by atoms with Gasteiger partial charge in [-0.1, -0.05) is 0 Å². The van der Waals surface area contributed by atoms with Crippen LogP contribution in [-0.2, 0) is 4.79 Å². The minimum atomic E-state index is 0.380. The van der Waals surface area contributed by atoms with Crippen molar-refractivity contribution in [2.45, 2.75) is 0 Å². The van der Waals surface area contributed by atoms with Crippen LogP contribution in [0.2, 0.25) is 0 Å². The summed E-state index contributed by atoms with van der Waals surface area (Å²) >= 11 is 1.30. The van der Waals surface area contributed by atoms with Gasteiger partial charge in [-0.2, -0.15) is 0 Å². The van der Waals surface area contributed by atoms with Crippen molar-refractivity contribution in [2.75, 3.05) is 5.73 Å². The van der Waals surface area contributed by atoms with Gasteiger partial charge in [0.1, 0.15) is 0 Å². The van der Waals surface area contributed by atoms with Gasteiger partial charge in [-0.3, -0.25) is 4.79 Å². The Labute approximate surface area is 56.1 Å². The quantitative estimate of drug-likeness (QED) is 0.625. The molecule has 0 bridgehead atoms. The van der Waals surface area contributed by atoms with Crippen LogP contribution in [0.15, 0.2) is 11.4 Å². The third kappa shape index (κ3) is 1.43. The van der Waals surface area contributed by atoms with Crippen LogP contribution in [0.4, 0.5) is 5.69 Å². The number of rotatable bonds is 2. The molecule has 0 aliphatic heterocycles. The number of thiophene rings is 1. The third-order valence-electron chi connectivity index (χ3n) is 0.760. The summed E-state index contributed by atoms with van der Waals surface area (Å²) in [7, 11) is 0. The van der Waals surface area contributed by atoms with Crippen LogP contribution >= 0.6 is 11.3 Å². The molecule has 3 nitrogen and oxygen atoms in total. The van der Waals surface area contributed by atoms with Crippen molar-refractivity contribution in [3.63, 3.8) is 0 Å². The van der Waals surface area contributed by atoms with Gasteiger partial charge in [0.2, 0.25) is 0 Å². The zero-order valence-corrected chi connectivity index (χ0v) is 5.35. The van der Waals surface area contributed by atoms with E-state index < -0.39 is 0 Å². The van der Waals surface area contributed by atoms with Gasteiger partial charge in [-0.25, -0.2) is 0 Å². The Kier molecular flexibility index (Phi) is 1.69. The summed E-state index contributed by atoms with van der Waals surface area (Å²) < 4.78 is 4.48. The highest BCUT2D eigenvalue weighted by Crippen LogP contribution is 2.23. The van der Waals surface area contributed by atoms with Crippen LogP contribution in [0.5, 0.6) is 5.06 Å². The largest absolute Gasteiger partial charge is 0.418 e. The molecule has 9 heavy (non-hydrogen) atoms. The molecule has 0 saturated heterocycles. The first kappa shape index (κ1) is 6.10. The number of hydrogen-bond acceptors (Lipinski definition) is 4. The monoisotopic (exact) mass is 143 g/mol. The summed E-state index contributed by atoms with van der Waals surface area (Å²) in [5.41, 5.74) is 5.95. The molecule has 0 unspecified atom stereocenters. The fourth-order valence-electron chi connectivity index (χ4n) is 0.439. The first-order valence-corrected chi connectivity index (χ1v) is 3.15. The van der Waals surface area contributed by atoms with Crippen LogP contribution < -0.4 is 10.5 Å². The van der Waals surface area contributed by atoms with Gasteiger partial charge in [0.25, 0.3) is 6.47 Å². The summed E-state index contributed by atoms with van der Waals surface area (Å²) in [6.07, 6.45) is 0. The lowest BCUT2D eigenvalue weighted by atomic mass is 10.5. The molecule has 1 aromatic rings.